The normalized spacial score (nSPS) is 11.1. The van der Waals surface area contributed by atoms with Crippen LogP contribution in [0, 0.1) is 11.6 Å². The summed E-state index contributed by atoms with van der Waals surface area (Å²) < 4.78 is 31.7. The number of imidazole rings is 1. The van der Waals surface area contributed by atoms with Crippen LogP contribution >= 0.6 is 11.3 Å². The van der Waals surface area contributed by atoms with Gasteiger partial charge in [0, 0.05) is 11.4 Å². The number of benzene rings is 1. The van der Waals surface area contributed by atoms with Crippen molar-refractivity contribution in [3.63, 3.8) is 0 Å². The van der Waals surface area contributed by atoms with Crippen molar-refractivity contribution in [1.82, 2.24) is 9.97 Å². The summed E-state index contributed by atoms with van der Waals surface area (Å²) >= 11 is 1.42. The topological polar surface area (TPSA) is 37.9 Å². The van der Waals surface area contributed by atoms with Gasteiger partial charge in [-0.05, 0) is 12.1 Å². The Labute approximate surface area is 105 Å². The van der Waals surface area contributed by atoms with Crippen molar-refractivity contribution in [3.8, 4) is 16.5 Å². The third kappa shape index (κ3) is 1.65. The van der Waals surface area contributed by atoms with Gasteiger partial charge >= 0.3 is 0 Å². The number of fused-ring (bicyclic) bond motifs is 1. The van der Waals surface area contributed by atoms with Crippen LogP contribution in [0.2, 0.25) is 0 Å². The smallest absolute Gasteiger partial charge is 0.186 e. The lowest BCUT2D eigenvalue weighted by Gasteiger charge is -1.91. The van der Waals surface area contributed by atoms with Crippen LogP contribution < -0.4 is 4.74 Å². The van der Waals surface area contributed by atoms with E-state index in [4.69, 9.17) is 4.74 Å². The van der Waals surface area contributed by atoms with E-state index in [0.717, 1.165) is 10.9 Å². The molecule has 0 radical (unpaired) electrons. The van der Waals surface area contributed by atoms with E-state index in [-0.39, 0.29) is 5.52 Å². The number of aromatic amines is 1. The van der Waals surface area contributed by atoms with E-state index in [9.17, 15) is 8.78 Å². The SMILES string of the molecule is COc1csc(-c2nc3c(F)c(F)ccc3[nH]2)c1. The maximum Gasteiger partial charge on any atom is 0.186 e. The average molecular weight is 266 g/mol. The Morgan fingerprint density at radius 1 is 1.33 bits per heavy atom. The van der Waals surface area contributed by atoms with Gasteiger partial charge in [-0.15, -0.1) is 11.3 Å². The Hall–Kier alpha value is -1.95. The van der Waals surface area contributed by atoms with Crippen molar-refractivity contribution in [2.24, 2.45) is 0 Å². The number of hydrogen-bond donors (Lipinski definition) is 1. The van der Waals surface area contributed by atoms with Gasteiger partial charge < -0.3 is 9.72 Å². The molecule has 3 nitrogen and oxygen atoms in total. The minimum Gasteiger partial charge on any atom is -0.496 e. The zero-order chi connectivity index (χ0) is 12.7. The van der Waals surface area contributed by atoms with Gasteiger partial charge in [-0.3, -0.25) is 0 Å². The molecule has 1 N–H and O–H groups in total. The van der Waals surface area contributed by atoms with Crippen molar-refractivity contribution in [1.29, 1.82) is 0 Å². The highest BCUT2D eigenvalue weighted by Gasteiger charge is 2.14. The number of aromatic nitrogens is 2. The summed E-state index contributed by atoms with van der Waals surface area (Å²) in [5.74, 6) is -0.618. The lowest BCUT2D eigenvalue weighted by atomic mass is 10.3. The van der Waals surface area contributed by atoms with Crippen LogP contribution in [0.1, 0.15) is 0 Å². The molecule has 6 heteroatoms. The Kier molecular flexibility index (Phi) is 2.52. The van der Waals surface area contributed by atoms with E-state index >= 15 is 0 Å². The largest absolute Gasteiger partial charge is 0.496 e. The lowest BCUT2D eigenvalue weighted by molar-refractivity contribution is 0.417. The second-order valence-corrected chi connectivity index (χ2v) is 4.60. The molecule has 3 rings (SSSR count). The first kappa shape index (κ1) is 11.2. The minimum atomic E-state index is -0.932. The number of nitrogens with zero attached hydrogens (tertiary/aromatic N) is 1. The van der Waals surface area contributed by atoms with Gasteiger partial charge in [-0.2, -0.15) is 0 Å². The molecule has 0 aliphatic rings. The fraction of sp³-hybridized carbons (Fsp3) is 0.0833. The van der Waals surface area contributed by atoms with Crippen LogP contribution in [0.15, 0.2) is 23.6 Å². The minimum absolute atomic E-state index is 0.0115. The van der Waals surface area contributed by atoms with Gasteiger partial charge in [0.15, 0.2) is 11.6 Å². The third-order valence-corrected chi connectivity index (χ3v) is 3.51. The van der Waals surface area contributed by atoms with Gasteiger partial charge in [0.05, 0.1) is 17.5 Å². The highest BCUT2D eigenvalue weighted by Crippen LogP contribution is 2.31. The van der Waals surface area contributed by atoms with Crippen molar-refractivity contribution in [2.75, 3.05) is 7.11 Å². The molecule has 0 aliphatic heterocycles. The number of halogens is 2. The van der Waals surface area contributed by atoms with Gasteiger partial charge in [0.1, 0.15) is 17.1 Å². The molecular formula is C12H8F2N2OS. The van der Waals surface area contributed by atoms with Crippen molar-refractivity contribution >= 4 is 22.4 Å². The summed E-state index contributed by atoms with van der Waals surface area (Å²) in [5, 5.41) is 1.82. The second-order valence-electron chi connectivity index (χ2n) is 3.69. The van der Waals surface area contributed by atoms with E-state index in [0.29, 0.717) is 17.1 Å². The van der Waals surface area contributed by atoms with Crippen molar-refractivity contribution < 1.29 is 13.5 Å². The lowest BCUT2D eigenvalue weighted by Crippen LogP contribution is -1.84. The first-order valence-corrected chi connectivity index (χ1v) is 6.03. The maximum atomic E-state index is 13.5. The van der Waals surface area contributed by atoms with E-state index in [1.165, 1.54) is 17.4 Å². The molecule has 18 heavy (non-hydrogen) atoms. The number of H-pyrrole nitrogens is 1. The predicted octanol–water partition coefficient (Wildman–Crippen LogP) is 3.58. The molecule has 2 heterocycles. The van der Waals surface area contributed by atoms with Crippen LogP contribution in [0.3, 0.4) is 0 Å². The second kappa shape index (κ2) is 4.06. The Bertz CT molecular complexity index is 720. The molecule has 0 aliphatic carbocycles. The molecule has 1 aromatic carbocycles. The molecule has 3 aromatic rings. The zero-order valence-corrected chi connectivity index (χ0v) is 10.1. The van der Waals surface area contributed by atoms with Crippen molar-refractivity contribution in [2.45, 2.75) is 0 Å². The van der Waals surface area contributed by atoms with Gasteiger partial charge in [0.2, 0.25) is 0 Å². The monoisotopic (exact) mass is 266 g/mol. The molecule has 2 aromatic heterocycles. The molecule has 0 bridgehead atoms. The number of hydrogen-bond acceptors (Lipinski definition) is 3. The van der Waals surface area contributed by atoms with E-state index in [1.54, 1.807) is 13.2 Å². The zero-order valence-electron chi connectivity index (χ0n) is 9.33. The summed E-state index contributed by atoms with van der Waals surface area (Å²) in [5.41, 5.74) is 0.480. The van der Waals surface area contributed by atoms with Crippen LogP contribution in [0.5, 0.6) is 5.75 Å². The molecule has 0 fully saturated rings. The van der Waals surface area contributed by atoms with E-state index < -0.39 is 11.6 Å². The van der Waals surface area contributed by atoms with Gasteiger partial charge in [0.25, 0.3) is 0 Å². The molecule has 0 saturated heterocycles. The number of rotatable bonds is 2. The third-order valence-electron chi connectivity index (χ3n) is 2.59. The highest BCUT2D eigenvalue weighted by molar-refractivity contribution is 7.13. The molecule has 0 spiro atoms. The number of nitrogens with one attached hydrogen (secondary N) is 1. The summed E-state index contributed by atoms with van der Waals surface area (Å²) in [6, 6.07) is 4.33. The fourth-order valence-electron chi connectivity index (χ4n) is 1.68. The maximum absolute atomic E-state index is 13.5. The predicted molar refractivity (Wildman–Crippen MR) is 65.9 cm³/mol. The summed E-state index contributed by atoms with van der Waals surface area (Å²) in [6.07, 6.45) is 0. The first-order chi connectivity index (χ1) is 8.69. The summed E-state index contributed by atoms with van der Waals surface area (Å²) in [6.45, 7) is 0. The molecule has 92 valence electrons. The van der Waals surface area contributed by atoms with E-state index in [1.807, 2.05) is 5.38 Å². The number of methoxy groups -OCH3 is 1. The van der Waals surface area contributed by atoms with Crippen LogP contribution in [-0.2, 0) is 0 Å². The molecule has 0 atom stereocenters. The standard InChI is InChI=1S/C12H8F2N2OS/c1-17-6-4-9(18-5-6)12-15-8-3-2-7(13)10(14)11(8)16-12/h2-5H,1H3,(H,15,16). The summed E-state index contributed by atoms with van der Waals surface area (Å²) in [4.78, 5) is 7.84. The Balaban J connectivity index is 2.16. The molecular weight excluding hydrogens is 258 g/mol. The van der Waals surface area contributed by atoms with Crippen LogP contribution in [0.25, 0.3) is 21.7 Å². The quantitative estimate of drug-likeness (QED) is 0.770. The van der Waals surface area contributed by atoms with Crippen LogP contribution in [-0.4, -0.2) is 17.1 Å². The summed E-state index contributed by atoms with van der Waals surface area (Å²) in [7, 11) is 1.57. The van der Waals surface area contributed by atoms with E-state index in [2.05, 4.69) is 9.97 Å². The molecule has 0 unspecified atom stereocenters. The number of ether oxygens (including phenoxy) is 1. The molecule has 0 saturated carbocycles. The average Bonchev–Trinajstić information content (AvgIpc) is 2.99. The Morgan fingerprint density at radius 2 is 2.17 bits per heavy atom. The molecule has 0 amide bonds. The number of thiophene rings is 1. The highest BCUT2D eigenvalue weighted by atomic mass is 32.1. The van der Waals surface area contributed by atoms with Gasteiger partial charge in [-0.1, -0.05) is 0 Å². The fourth-order valence-corrected chi connectivity index (χ4v) is 2.48. The van der Waals surface area contributed by atoms with Crippen LogP contribution in [0.4, 0.5) is 8.78 Å². The first-order valence-electron chi connectivity index (χ1n) is 5.15. The van der Waals surface area contributed by atoms with Crippen molar-refractivity contribution in [3.05, 3.63) is 35.2 Å². The van der Waals surface area contributed by atoms with Gasteiger partial charge in [-0.25, -0.2) is 13.8 Å². The Morgan fingerprint density at radius 3 is 2.89 bits per heavy atom.